The lowest BCUT2D eigenvalue weighted by molar-refractivity contribution is -0.133. The fourth-order valence-corrected chi connectivity index (χ4v) is 4.72. The van der Waals surface area contributed by atoms with Gasteiger partial charge >= 0.3 is 0 Å². The van der Waals surface area contributed by atoms with E-state index in [-0.39, 0.29) is 29.6 Å². The number of ketones is 1. The second kappa shape index (κ2) is 11.3. The van der Waals surface area contributed by atoms with Crippen molar-refractivity contribution in [3.8, 4) is 0 Å². The van der Waals surface area contributed by atoms with Crippen molar-refractivity contribution in [3.05, 3.63) is 66.1 Å². The smallest absolute Gasteiger partial charge is 0.242 e. The van der Waals surface area contributed by atoms with E-state index in [1.165, 1.54) is 5.56 Å². The standard InChI is InChI=1S/C27H33N5O3/c1-18(33)9-12-32-13-10-21(20-6-4-3-5-7-20)15-25(32)27(35)30-19(2)26(34)29-17-23-14-22-16-28-11-8-24(22)31-23/h3-8,11,14,16,19,21,25,31H,9-10,12-13,15,17H2,1-2H3,(H,29,34)(H,30,35)/t19-,21-,25+/m0/s1. The van der Waals surface area contributed by atoms with Crippen molar-refractivity contribution in [2.75, 3.05) is 13.1 Å². The minimum Gasteiger partial charge on any atom is -0.357 e. The number of carbonyl (C=O) groups excluding carboxylic acids is 3. The number of nitrogens with one attached hydrogen (secondary N) is 3. The monoisotopic (exact) mass is 475 g/mol. The molecule has 1 fully saturated rings. The van der Waals surface area contributed by atoms with Crippen molar-refractivity contribution in [1.82, 2.24) is 25.5 Å². The van der Waals surface area contributed by atoms with Gasteiger partial charge in [0.15, 0.2) is 0 Å². The molecule has 1 aromatic carbocycles. The van der Waals surface area contributed by atoms with Crippen LogP contribution in [0.2, 0.25) is 0 Å². The van der Waals surface area contributed by atoms with Gasteiger partial charge in [-0.05, 0) is 56.8 Å². The highest BCUT2D eigenvalue weighted by Gasteiger charge is 2.35. The molecule has 0 spiro atoms. The number of piperidine rings is 1. The van der Waals surface area contributed by atoms with Gasteiger partial charge < -0.3 is 15.6 Å². The van der Waals surface area contributed by atoms with Crippen LogP contribution in [0.5, 0.6) is 0 Å². The molecule has 3 aromatic rings. The molecular formula is C27H33N5O3. The second-order valence-corrected chi connectivity index (χ2v) is 9.34. The van der Waals surface area contributed by atoms with Gasteiger partial charge in [-0.25, -0.2) is 0 Å². The van der Waals surface area contributed by atoms with Gasteiger partial charge in [0.1, 0.15) is 11.8 Å². The normalized spacial score (nSPS) is 19.3. The number of carbonyl (C=O) groups is 3. The van der Waals surface area contributed by atoms with Crippen LogP contribution in [-0.4, -0.2) is 57.6 Å². The number of hydrogen-bond donors (Lipinski definition) is 3. The third-order valence-corrected chi connectivity index (χ3v) is 6.72. The highest BCUT2D eigenvalue weighted by atomic mass is 16.2. The number of benzene rings is 1. The first-order chi connectivity index (χ1) is 16.9. The van der Waals surface area contributed by atoms with Gasteiger partial charge in [-0.3, -0.25) is 24.3 Å². The molecule has 0 saturated carbocycles. The molecule has 1 aliphatic rings. The first-order valence-corrected chi connectivity index (χ1v) is 12.2. The van der Waals surface area contributed by atoms with Gasteiger partial charge in [-0.2, -0.15) is 0 Å². The van der Waals surface area contributed by atoms with Gasteiger partial charge in [0.05, 0.1) is 12.6 Å². The average Bonchev–Trinajstić information content (AvgIpc) is 3.29. The van der Waals surface area contributed by atoms with E-state index in [4.69, 9.17) is 0 Å². The molecule has 1 aliphatic heterocycles. The third-order valence-electron chi connectivity index (χ3n) is 6.72. The maximum absolute atomic E-state index is 13.3. The van der Waals surface area contributed by atoms with E-state index in [1.54, 1.807) is 26.2 Å². The summed E-state index contributed by atoms with van der Waals surface area (Å²) < 4.78 is 0. The van der Waals surface area contributed by atoms with Crippen LogP contribution in [0.25, 0.3) is 10.9 Å². The largest absolute Gasteiger partial charge is 0.357 e. The van der Waals surface area contributed by atoms with Crippen LogP contribution in [0.3, 0.4) is 0 Å². The minimum atomic E-state index is -0.680. The number of aromatic amines is 1. The zero-order chi connectivity index (χ0) is 24.8. The summed E-state index contributed by atoms with van der Waals surface area (Å²) in [6.45, 7) is 4.88. The lowest BCUT2D eigenvalue weighted by atomic mass is 9.84. The summed E-state index contributed by atoms with van der Waals surface area (Å²) in [6.07, 6.45) is 5.49. The third kappa shape index (κ3) is 6.33. The predicted molar refractivity (Wildman–Crippen MR) is 135 cm³/mol. The molecule has 1 saturated heterocycles. The molecule has 4 rings (SSSR count). The van der Waals surface area contributed by atoms with Crippen molar-refractivity contribution in [3.63, 3.8) is 0 Å². The lowest BCUT2D eigenvalue weighted by Gasteiger charge is -2.39. The van der Waals surface area contributed by atoms with Gasteiger partial charge in [0, 0.05) is 42.0 Å². The Labute approximate surface area is 205 Å². The number of aromatic nitrogens is 2. The molecule has 3 N–H and O–H groups in total. The van der Waals surface area contributed by atoms with E-state index >= 15 is 0 Å². The molecule has 3 atom stereocenters. The molecule has 0 radical (unpaired) electrons. The quantitative estimate of drug-likeness (QED) is 0.441. The molecule has 8 heteroatoms. The van der Waals surface area contributed by atoms with Crippen molar-refractivity contribution in [2.45, 2.75) is 57.7 Å². The van der Waals surface area contributed by atoms with Crippen LogP contribution in [0, 0.1) is 0 Å². The Balaban J connectivity index is 1.37. The van der Waals surface area contributed by atoms with Crippen molar-refractivity contribution in [2.24, 2.45) is 0 Å². The number of nitrogens with zero attached hydrogens (tertiary/aromatic N) is 2. The van der Waals surface area contributed by atoms with Crippen LogP contribution < -0.4 is 10.6 Å². The van der Waals surface area contributed by atoms with Crippen molar-refractivity contribution >= 4 is 28.5 Å². The van der Waals surface area contributed by atoms with E-state index in [9.17, 15) is 14.4 Å². The maximum Gasteiger partial charge on any atom is 0.242 e. The Morgan fingerprint density at radius 3 is 2.74 bits per heavy atom. The van der Waals surface area contributed by atoms with E-state index in [0.717, 1.165) is 29.6 Å². The topological polar surface area (TPSA) is 107 Å². The molecule has 35 heavy (non-hydrogen) atoms. The number of rotatable bonds is 9. The maximum atomic E-state index is 13.3. The molecule has 2 aromatic heterocycles. The average molecular weight is 476 g/mol. The number of hydrogen-bond acceptors (Lipinski definition) is 5. The summed E-state index contributed by atoms with van der Waals surface area (Å²) >= 11 is 0. The molecule has 0 aliphatic carbocycles. The van der Waals surface area contributed by atoms with E-state index < -0.39 is 6.04 Å². The molecule has 184 valence electrons. The predicted octanol–water partition coefficient (Wildman–Crippen LogP) is 2.91. The number of Topliss-reactive ketones (excluding diaryl/α,β-unsaturated/α-hetero) is 1. The van der Waals surface area contributed by atoms with E-state index in [1.807, 2.05) is 30.3 Å². The van der Waals surface area contributed by atoms with Crippen LogP contribution in [0.4, 0.5) is 0 Å². The summed E-state index contributed by atoms with van der Waals surface area (Å²) in [6, 6.07) is 13.0. The number of pyridine rings is 1. The van der Waals surface area contributed by atoms with Gasteiger partial charge in [-0.1, -0.05) is 30.3 Å². The van der Waals surface area contributed by atoms with Crippen LogP contribution >= 0.6 is 0 Å². The Morgan fingerprint density at radius 2 is 2.00 bits per heavy atom. The minimum absolute atomic E-state index is 0.106. The Morgan fingerprint density at radius 1 is 1.20 bits per heavy atom. The van der Waals surface area contributed by atoms with Crippen molar-refractivity contribution in [1.29, 1.82) is 0 Å². The molecule has 0 unspecified atom stereocenters. The highest BCUT2D eigenvalue weighted by Crippen LogP contribution is 2.31. The van der Waals surface area contributed by atoms with Crippen molar-refractivity contribution < 1.29 is 14.4 Å². The molecule has 2 amide bonds. The molecule has 3 heterocycles. The number of likely N-dealkylation sites (tertiary alicyclic amines) is 1. The first kappa shape index (κ1) is 24.6. The number of H-pyrrole nitrogens is 1. The van der Waals surface area contributed by atoms with Crippen LogP contribution in [0.1, 0.15) is 50.3 Å². The summed E-state index contributed by atoms with van der Waals surface area (Å²) in [4.78, 5) is 47.0. The van der Waals surface area contributed by atoms with Crippen LogP contribution in [0.15, 0.2) is 54.9 Å². The second-order valence-electron chi connectivity index (χ2n) is 9.34. The zero-order valence-corrected chi connectivity index (χ0v) is 20.3. The van der Waals surface area contributed by atoms with E-state index in [0.29, 0.717) is 25.9 Å². The fourth-order valence-electron chi connectivity index (χ4n) is 4.72. The zero-order valence-electron chi connectivity index (χ0n) is 20.3. The number of amides is 2. The molecule has 8 nitrogen and oxygen atoms in total. The lowest BCUT2D eigenvalue weighted by Crippen LogP contribution is -2.55. The van der Waals surface area contributed by atoms with Crippen LogP contribution in [-0.2, 0) is 20.9 Å². The summed E-state index contributed by atoms with van der Waals surface area (Å²) in [7, 11) is 0. The summed E-state index contributed by atoms with van der Waals surface area (Å²) in [5.41, 5.74) is 3.05. The summed E-state index contributed by atoms with van der Waals surface area (Å²) in [5.74, 6) is -0.0506. The van der Waals surface area contributed by atoms with Gasteiger partial charge in [-0.15, -0.1) is 0 Å². The highest BCUT2D eigenvalue weighted by molar-refractivity contribution is 5.89. The first-order valence-electron chi connectivity index (χ1n) is 12.2. The Hall–Kier alpha value is -3.52. The molecule has 0 bridgehead atoms. The van der Waals surface area contributed by atoms with E-state index in [2.05, 4.69) is 37.6 Å². The van der Waals surface area contributed by atoms with Gasteiger partial charge in [0.25, 0.3) is 0 Å². The SMILES string of the molecule is CC(=O)CCN1CC[C@H](c2ccccc2)C[C@@H]1C(=O)N[C@@H](C)C(=O)NCc1cc2cnccc2[nH]1. The fraction of sp³-hybridized carbons (Fsp3) is 0.407. The number of fused-ring (bicyclic) bond motifs is 1. The van der Waals surface area contributed by atoms with Gasteiger partial charge in [0.2, 0.25) is 11.8 Å². The Bertz CT molecular complexity index is 1140. The summed E-state index contributed by atoms with van der Waals surface area (Å²) in [5, 5.41) is 6.77. The molecular weight excluding hydrogens is 442 g/mol. The Kier molecular flexibility index (Phi) is 7.92.